The van der Waals surface area contributed by atoms with Gasteiger partial charge in [-0.05, 0) is 24.6 Å². The van der Waals surface area contributed by atoms with E-state index in [1.54, 1.807) is 12.1 Å². The van der Waals surface area contributed by atoms with Gasteiger partial charge in [0.15, 0.2) is 9.84 Å². The fourth-order valence-electron chi connectivity index (χ4n) is 1.62. The summed E-state index contributed by atoms with van der Waals surface area (Å²) in [4.78, 5) is 0.381. The van der Waals surface area contributed by atoms with Crippen molar-refractivity contribution >= 4 is 9.84 Å². The molecule has 3 heteroatoms. The average molecular weight is 246 g/mol. The van der Waals surface area contributed by atoms with Gasteiger partial charge in [-0.2, -0.15) is 0 Å². The van der Waals surface area contributed by atoms with E-state index in [9.17, 15) is 8.42 Å². The third-order valence-corrected chi connectivity index (χ3v) is 4.28. The molecule has 0 N–H and O–H groups in total. The first-order valence-electron chi connectivity index (χ1n) is 5.41. The Balaban J connectivity index is 2.29. The molecule has 0 amide bonds. The minimum Gasteiger partial charge on any atom is -0.223 e. The lowest BCUT2D eigenvalue weighted by Gasteiger charge is -2.04. The van der Waals surface area contributed by atoms with Crippen LogP contribution in [0.1, 0.15) is 11.1 Å². The Labute approximate surface area is 102 Å². The minimum atomic E-state index is -3.23. The van der Waals surface area contributed by atoms with Crippen LogP contribution < -0.4 is 0 Å². The van der Waals surface area contributed by atoms with Crippen LogP contribution >= 0.6 is 0 Å². The number of rotatable bonds is 3. The molecule has 0 radical (unpaired) electrons. The molecule has 0 spiro atoms. The van der Waals surface area contributed by atoms with Crippen LogP contribution in [0.15, 0.2) is 59.5 Å². The molecule has 0 saturated heterocycles. The molecule has 0 aromatic heterocycles. The molecule has 2 nitrogen and oxygen atoms in total. The van der Waals surface area contributed by atoms with Crippen LogP contribution in [0.4, 0.5) is 0 Å². The summed E-state index contributed by atoms with van der Waals surface area (Å²) in [5, 5.41) is 0. The number of sulfone groups is 1. The normalized spacial score (nSPS) is 11.4. The standard InChI is InChI=1S/C14H14O2S/c1-12-7-9-14(10-8-12)17(15,16)11-13-5-3-2-4-6-13/h2-10H,11H2,1H3. The number of hydrogen-bond acceptors (Lipinski definition) is 2. The Morgan fingerprint density at radius 3 is 2.06 bits per heavy atom. The van der Waals surface area contributed by atoms with Crippen LogP contribution in [0.5, 0.6) is 0 Å². The predicted molar refractivity (Wildman–Crippen MR) is 68.5 cm³/mol. The smallest absolute Gasteiger partial charge is 0.182 e. The number of aryl methyl sites for hydroxylation is 1. The highest BCUT2D eigenvalue weighted by Gasteiger charge is 2.14. The summed E-state index contributed by atoms with van der Waals surface area (Å²) in [6.07, 6.45) is 0. The maximum Gasteiger partial charge on any atom is 0.182 e. The molecule has 2 aromatic carbocycles. The SMILES string of the molecule is Cc1ccc(S(=O)(=O)Cc2ccccc2)cc1. The highest BCUT2D eigenvalue weighted by Crippen LogP contribution is 2.16. The van der Waals surface area contributed by atoms with Crippen molar-refractivity contribution in [3.63, 3.8) is 0 Å². The van der Waals surface area contributed by atoms with Gasteiger partial charge in [0, 0.05) is 0 Å². The third kappa shape index (κ3) is 2.94. The van der Waals surface area contributed by atoms with Crippen LogP contribution in [0.3, 0.4) is 0 Å². The van der Waals surface area contributed by atoms with Crippen LogP contribution in [0, 0.1) is 6.92 Å². The lowest BCUT2D eigenvalue weighted by Crippen LogP contribution is -2.04. The van der Waals surface area contributed by atoms with Gasteiger partial charge in [0.2, 0.25) is 0 Å². The molecule has 0 aliphatic heterocycles. The van der Waals surface area contributed by atoms with Gasteiger partial charge < -0.3 is 0 Å². The molecule has 17 heavy (non-hydrogen) atoms. The fraction of sp³-hybridized carbons (Fsp3) is 0.143. The monoisotopic (exact) mass is 246 g/mol. The molecule has 0 aliphatic carbocycles. The van der Waals surface area contributed by atoms with E-state index in [1.807, 2.05) is 49.4 Å². The van der Waals surface area contributed by atoms with E-state index in [4.69, 9.17) is 0 Å². The van der Waals surface area contributed by atoms with E-state index < -0.39 is 9.84 Å². The van der Waals surface area contributed by atoms with Crippen molar-refractivity contribution in [3.05, 3.63) is 65.7 Å². The van der Waals surface area contributed by atoms with E-state index in [0.717, 1.165) is 11.1 Å². The fourth-order valence-corrected chi connectivity index (χ4v) is 2.97. The zero-order valence-electron chi connectivity index (χ0n) is 9.63. The lowest BCUT2D eigenvalue weighted by atomic mass is 10.2. The average Bonchev–Trinajstić information content (AvgIpc) is 2.30. The summed E-state index contributed by atoms with van der Waals surface area (Å²) in [5.74, 6) is 0.0525. The molecule has 88 valence electrons. The van der Waals surface area contributed by atoms with Crippen molar-refractivity contribution in [2.75, 3.05) is 0 Å². The summed E-state index contributed by atoms with van der Waals surface area (Å²) in [7, 11) is -3.23. The Hall–Kier alpha value is -1.61. The first kappa shape index (κ1) is 11.9. The first-order chi connectivity index (χ1) is 8.08. The summed E-state index contributed by atoms with van der Waals surface area (Å²) >= 11 is 0. The van der Waals surface area contributed by atoms with Gasteiger partial charge in [-0.3, -0.25) is 0 Å². The quantitative estimate of drug-likeness (QED) is 0.834. The summed E-state index contributed by atoms with van der Waals surface area (Å²) in [5.41, 5.74) is 1.87. The van der Waals surface area contributed by atoms with Crippen LogP contribution in [-0.4, -0.2) is 8.42 Å². The van der Waals surface area contributed by atoms with Gasteiger partial charge in [-0.15, -0.1) is 0 Å². The van der Waals surface area contributed by atoms with Gasteiger partial charge in [-0.25, -0.2) is 8.42 Å². The van der Waals surface area contributed by atoms with Crippen molar-refractivity contribution in [2.24, 2.45) is 0 Å². The highest BCUT2D eigenvalue weighted by atomic mass is 32.2. The molecule has 0 unspecified atom stereocenters. The second kappa shape index (κ2) is 4.72. The maximum atomic E-state index is 12.1. The van der Waals surface area contributed by atoms with Crippen molar-refractivity contribution in [2.45, 2.75) is 17.6 Å². The van der Waals surface area contributed by atoms with Crippen molar-refractivity contribution in [1.29, 1.82) is 0 Å². The predicted octanol–water partition coefficient (Wildman–Crippen LogP) is 2.97. The topological polar surface area (TPSA) is 34.1 Å². The van der Waals surface area contributed by atoms with Gasteiger partial charge in [0.05, 0.1) is 10.6 Å². The van der Waals surface area contributed by atoms with E-state index >= 15 is 0 Å². The van der Waals surface area contributed by atoms with E-state index in [-0.39, 0.29) is 5.75 Å². The van der Waals surface area contributed by atoms with E-state index in [2.05, 4.69) is 0 Å². The minimum absolute atomic E-state index is 0.0525. The summed E-state index contributed by atoms with van der Waals surface area (Å²) < 4.78 is 24.2. The maximum absolute atomic E-state index is 12.1. The molecule has 0 heterocycles. The van der Waals surface area contributed by atoms with Crippen molar-refractivity contribution in [3.8, 4) is 0 Å². The molecule has 0 bridgehead atoms. The van der Waals surface area contributed by atoms with Gasteiger partial charge in [0.25, 0.3) is 0 Å². The van der Waals surface area contributed by atoms with Crippen molar-refractivity contribution in [1.82, 2.24) is 0 Å². The molecule has 0 aliphatic rings. The lowest BCUT2D eigenvalue weighted by molar-refractivity contribution is 0.595. The Kier molecular flexibility index (Phi) is 3.29. The van der Waals surface area contributed by atoms with Gasteiger partial charge in [0.1, 0.15) is 0 Å². The highest BCUT2D eigenvalue weighted by molar-refractivity contribution is 7.90. The Morgan fingerprint density at radius 1 is 0.882 bits per heavy atom. The third-order valence-electron chi connectivity index (χ3n) is 2.58. The Bertz CT molecular complexity index is 584. The molecule has 2 rings (SSSR count). The first-order valence-corrected chi connectivity index (χ1v) is 7.06. The molecule has 0 saturated carbocycles. The van der Waals surface area contributed by atoms with Crippen LogP contribution in [-0.2, 0) is 15.6 Å². The van der Waals surface area contributed by atoms with Gasteiger partial charge in [-0.1, -0.05) is 48.0 Å². The van der Waals surface area contributed by atoms with Crippen LogP contribution in [0.2, 0.25) is 0 Å². The molecule has 0 atom stereocenters. The summed E-state index contributed by atoms with van der Waals surface area (Å²) in [6, 6.07) is 16.2. The zero-order valence-corrected chi connectivity index (χ0v) is 10.4. The summed E-state index contributed by atoms with van der Waals surface area (Å²) in [6.45, 7) is 1.94. The van der Waals surface area contributed by atoms with Gasteiger partial charge >= 0.3 is 0 Å². The van der Waals surface area contributed by atoms with Crippen LogP contribution in [0.25, 0.3) is 0 Å². The Morgan fingerprint density at radius 2 is 1.47 bits per heavy atom. The largest absolute Gasteiger partial charge is 0.223 e. The molecular weight excluding hydrogens is 232 g/mol. The van der Waals surface area contributed by atoms with E-state index in [0.29, 0.717) is 4.90 Å². The van der Waals surface area contributed by atoms with E-state index in [1.165, 1.54) is 0 Å². The van der Waals surface area contributed by atoms with Crippen molar-refractivity contribution < 1.29 is 8.42 Å². The molecule has 2 aromatic rings. The second-order valence-electron chi connectivity index (χ2n) is 4.06. The zero-order chi connectivity index (χ0) is 12.3. The molecular formula is C14H14O2S. The number of hydrogen-bond donors (Lipinski definition) is 0. The number of benzene rings is 2. The second-order valence-corrected chi connectivity index (χ2v) is 6.05. The molecule has 0 fully saturated rings.